The topological polar surface area (TPSA) is 102 Å². The Morgan fingerprint density at radius 3 is 2.61 bits per heavy atom. The number of benzene rings is 1. The summed E-state index contributed by atoms with van der Waals surface area (Å²) >= 11 is 3.55. The first-order valence-electron chi connectivity index (χ1n) is 9.70. The molecule has 7 nitrogen and oxygen atoms in total. The van der Waals surface area contributed by atoms with Gasteiger partial charge in [-0.05, 0) is 61.6 Å². The summed E-state index contributed by atoms with van der Waals surface area (Å²) < 4.78 is 1.07. The van der Waals surface area contributed by atoms with E-state index in [4.69, 9.17) is 0 Å². The molecule has 152 valence electrons. The first-order valence-corrected chi connectivity index (χ1v) is 10.5. The Kier molecular flexibility index (Phi) is 7.47. The van der Waals surface area contributed by atoms with E-state index >= 15 is 0 Å². The third-order valence-electron chi connectivity index (χ3n) is 5.51. The van der Waals surface area contributed by atoms with Crippen molar-refractivity contribution in [2.75, 3.05) is 29.3 Å². The molecule has 28 heavy (non-hydrogen) atoms. The van der Waals surface area contributed by atoms with Crippen molar-refractivity contribution in [1.29, 1.82) is 0 Å². The van der Waals surface area contributed by atoms with E-state index in [1.807, 2.05) is 12.1 Å². The van der Waals surface area contributed by atoms with Gasteiger partial charge in [0.25, 0.3) is 0 Å². The Hall–Kier alpha value is -1.90. The van der Waals surface area contributed by atoms with Gasteiger partial charge in [-0.25, -0.2) is 4.98 Å². The number of nitrogens with one attached hydrogen (secondary N) is 3. The number of hydrogen-bond donors (Lipinski definition) is 5. The van der Waals surface area contributed by atoms with E-state index in [9.17, 15) is 10.3 Å². The first kappa shape index (κ1) is 20.8. The fraction of sp³-hybridized carbons (Fsp3) is 0.500. The van der Waals surface area contributed by atoms with Crippen molar-refractivity contribution in [3.8, 4) is 0 Å². The van der Waals surface area contributed by atoms with Gasteiger partial charge in [-0.15, -0.1) is 0 Å². The average molecular weight is 450 g/mol. The van der Waals surface area contributed by atoms with Crippen LogP contribution in [-0.2, 0) is 6.54 Å². The van der Waals surface area contributed by atoms with Crippen molar-refractivity contribution in [2.45, 2.75) is 39.2 Å². The van der Waals surface area contributed by atoms with Crippen LogP contribution >= 0.6 is 15.9 Å². The minimum absolute atomic E-state index is 0.289. The fourth-order valence-corrected chi connectivity index (χ4v) is 3.97. The van der Waals surface area contributed by atoms with Crippen LogP contribution in [0.1, 0.15) is 36.8 Å². The molecule has 0 spiro atoms. The lowest BCUT2D eigenvalue weighted by molar-refractivity contribution is 0.170. The molecule has 8 heteroatoms. The van der Waals surface area contributed by atoms with Gasteiger partial charge in [-0.2, -0.15) is 4.98 Å². The lowest BCUT2D eigenvalue weighted by Crippen LogP contribution is -2.23. The molecule has 2 aromatic rings. The lowest BCUT2D eigenvalue weighted by Gasteiger charge is -2.27. The molecule has 1 aliphatic rings. The highest BCUT2D eigenvalue weighted by atomic mass is 79.9. The fourth-order valence-electron chi connectivity index (χ4n) is 3.56. The van der Waals surface area contributed by atoms with Crippen LogP contribution in [0.4, 0.5) is 17.5 Å². The number of hydrogen-bond acceptors (Lipinski definition) is 7. The van der Waals surface area contributed by atoms with Crippen molar-refractivity contribution in [1.82, 2.24) is 9.97 Å². The second-order valence-corrected chi connectivity index (χ2v) is 8.25. The molecule has 1 heterocycles. The summed E-state index contributed by atoms with van der Waals surface area (Å²) in [4.78, 5) is 8.79. The van der Waals surface area contributed by atoms with Crippen molar-refractivity contribution < 1.29 is 10.3 Å². The summed E-state index contributed by atoms with van der Waals surface area (Å²) in [6.07, 6.45) is 5.89. The molecule has 0 amide bonds. The highest BCUT2D eigenvalue weighted by Crippen LogP contribution is 2.29. The first-order chi connectivity index (χ1) is 13.6. The average Bonchev–Trinajstić information content (AvgIpc) is 2.73. The van der Waals surface area contributed by atoms with Crippen LogP contribution in [0.3, 0.4) is 0 Å². The third kappa shape index (κ3) is 5.33. The van der Waals surface area contributed by atoms with E-state index in [1.54, 1.807) is 6.20 Å². The molecule has 0 saturated heterocycles. The number of anilines is 3. The minimum atomic E-state index is 0.289. The number of nitrogens with zero attached hydrogens (tertiary/aromatic N) is 2. The monoisotopic (exact) mass is 449 g/mol. The molecule has 1 aromatic heterocycles. The maximum atomic E-state index is 9.36. The summed E-state index contributed by atoms with van der Waals surface area (Å²) in [6.45, 7) is 3.76. The van der Waals surface area contributed by atoms with Gasteiger partial charge >= 0.3 is 0 Å². The number of aromatic nitrogens is 2. The molecule has 3 rings (SSSR count). The molecule has 0 unspecified atom stereocenters. The molecular formula is C20H28BrN5O2. The number of aliphatic hydroxyl groups is 1. The lowest BCUT2D eigenvalue weighted by atomic mass is 9.82. The van der Waals surface area contributed by atoms with Gasteiger partial charge < -0.3 is 15.7 Å². The van der Waals surface area contributed by atoms with Crippen molar-refractivity contribution >= 4 is 33.4 Å². The quantitative estimate of drug-likeness (QED) is 0.385. The smallest absolute Gasteiger partial charge is 0.225 e. The minimum Gasteiger partial charge on any atom is -0.396 e. The summed E-state index contributed by atoms with van der Waals surface area (Å²) in [5, 5.41) is 25.2. The number of halogens is 1. The third-order valence-corrected chi connectivity index (χ3v) is 6.37. The van der Waals surface area contributed by atoms with E-state index in [-0.39, 0.29) is 6.61 Å². The van der Waals surface area contributed by atoms with Crippen molar-refractivity contribution in [2.24, 2.45) is 11.8 Å². The SMILES string of the molecule is Cc1c(Br)cccc1CNc1ncc(NO)c(NCC2CCC(CO)CC2)n1. The Labute approximate surface area is 174 Å². The summed E-state index contributed by atoms with van der Waals surface area (Å²) in [6, 6.07) is 6.10. The summed E-state index contributed by atoms with van der Waals surface area (Å²) in [5.74, 6) is 2.08. The standard InChI is InChI=1S/C20H28BrN5O2/c1-13-16(3-2-4-17(13)21)10-23-20-24-11-18(26-28)19(25-20)22-9-14-5-7-15(12-27)8-6-14/h2-4,11,14-15,26-28H,5-10,12H2,1H3,(H2,22,23,24,25). The predicted molar refractivity (Wildman–Crippen MR) is 115 cm³/mol. The maximum absolute atomic E-state index is 9.36. The van der Waals surface area contributed by atoms with Gasteiger partial charge in [-0.1, -0.05) is 28.1 Å². The van der Waals surface area contributed by atoms with E-state index in [0.717, 1.165) is 42.3 Å². The number of rotatable bonds is 8. The second kappa shape index (κ2) is 10.0. The van der Waals surface area contributed by atoms with Crippen LogP contribution in [0.25, 0.3) is 0 Å². The Morgan fingerprint density at radius 1 is 1.14 bits per heavy atom. The maximum Gasteiger partial charge on any atom is 0.225 e. The van der Waals surface area contributed by atoms with Gasteiger partial charge in [0, 0.05) is 24.2 Å². The van der Waals surface area contributed by atoms with Crippen molar-refractivity contribution in [3.63, 3.8) is 0 Å². The second-order valence-electron chi connectivity index (χ2n) is 7.40. The van der Waals surface area contributed by atoms with Crippen LogP contribution in [-0.4, -0.2) is 33.4 Å². The molecule has 0 atom stereocenters. The van der Waals surface area contributed by atoms with Crippen LogP contribution in [0.15, 0.2) is 28.9 Å². The van der Waals surface area contributed by atoms with Gasteiger partial charge in [0.2, 0.25) is 5.95 Å². The highest BCUT2D eigenvalue weighted by molar-refractivity contribution is 9.10. The molecule has 0 radical (unpaired) electrons. The Bertz CT molecular complexity index is 781. The normalized spacial score (nSPS) is 19.3. The molecule has 1 saturated carbocycles. The predicted octanol–water partition coefficient (Wildman–Crippen LogP) is 4.17. The van der Waals surface area contributed by atoms with Crippen LogP contribution < -0.4 is 16.1 Å². The Morgan fingerprint density at radius 2 is 1.89 bits per heavy atom. The molecular weight excluding hydrogens is 422 g/mol. The van der Waals surface area contributed by atoms with Crippen LogP contribution in [0, 0.1) is 18.8 Å². The van der Waals surface area contributed by atoms with Gasteiger partial charge in [0.1, 0.15) is 5.69 Å². The largest absolute Gasteiger partial charge is 0.396 e. The zero-order valence-electron chi connectivity index (χ0n) is 16.1. The molecule has 1 fully saturated rings. The molecule has 1 aliphatic carbocycles. The molecule has 0 aliphatic heterocycles. The van der Waals surface area contributed by atoms with Crippen LogP contribution in [0.5, 0.6) is 0 Å². The van der Waals surface area contributed by atoms with E-state index in [0.29, 0.717) is 35.8 Å². The highest BCUT2D eigenvalue weighted by Gasteiger charge is 2.21. The zero-order chi connectivity index (χ0) is 19.9. The zero-order valence-corrected chi connectivity index (χ0v) is 17.7. The van der Waals surface area contributed by atoms with E-state index < -0.39 is 0 Å². The van der Waals surface area contributed by atoms with Gasteiger partial charge in [0.15, 0.2) is 5.82 Å². The van der Waals surface area contributed by atoms with Gasteiger partial charge in [0.05, 0.1) is 6.20 Å². The molecule has 1 aromatic carbocycles. The summed E-state index contributed by atoms with van der Waals surface area (Å²) in [7, 11) is 0. The van der Waals surface area contributed by atoms with Crippen molar-refractivity contribution in [3.05, 3.63) is 40.0 Å². The summed E-state index contributed by atoms with van der Waals surface area (Å²) in [5.41, 5.74) is 4.96. The van der Waals surface area contributed by atoms with Crippen LogP contribution in [0.2, 0.25) is 0 Å². The Balaban J connectivity index is 1.61. The van der Waals surface area contributed by atoms with E-state index in [1.165, 1.54) is 5.56 Å². The molecule has 5 N–H and O–H groups in total. The van der Waals surface area contributed by atoms with Gasteiger partial charge in [-0.3, -0.25) is 10.7 Å². The number of aliphatic hydroxyl groups excluding tert-OH is 1. The van der Waals surface area contributed by atoms with E-state index in [2.05, 4.69) is 55.0 Å². The molecule has 0 bridgehead atoms.